The lowest BCUT2D eigenvalue weighted by Gasteiger charge is -2.24. The Balaban J connectivity index is 1.51. The summed E-state index contributed by atoms with van der Waals surface area (Å²) in [7, 11) is 2.03. The second-order valence-corrected chi connectivity index (χ2v) is 7.31. The van der Waals surface area contributed by atoms with E-state index in [1.165, 1.54) is 23.2 Å². The highest BCUT2D eigenvalue weighted by Crippen LogP contribution is 2.38. The van der Waals surface area contributed by atoms with Crippen molar-refractivity contribution in [3.8, 4) is 11.5 Å². The summed E-state index contributed by atoms with van der Waals surface area (Å²) in [6.45, 7) is 2.21. The van der Waals surface area contributed by atoms with Gasteiger partial charge in [0.05, 0.1) is 23.9 Å². The number of aryl methyl sites for hydroxylation is 1. The van der Waals surface area contributed by atoms with Gasteiger partial charge in [-0.3, -0.25) is 4.68 Å². The zero-order valence-electron chi connectivity index (χ0n) is 13.8. The maximum Gasteiger partial charge on any atom is 0.175 e. The molecule has 4 rings (SSSR count). The standard InChI is InChI=1S/C18H22BrN3O2/c1-22-16-5-2-4-15(13(16)11-21-22)20-10-12-8-14(19)18-17(9-12)23-6-3-7-24-18/h8-9,11,15,20H,2-7,10H2,1H3. The van der Waals surface area contributed by atoms with E-state index >= 15 is 0 Å². The second kappa shape index (κ2) is 6.76. The topological polar surface area (TPSA) is 48.3 Å². The van der Waals surface area contributed by atoms with Crippen molar-refractivity contribution in [2.75, 3.05) is 13.2 Å². The fraction of sp³-hybridized carbons (Fsp3) is 0.500. The normalized spacial score (nSPS) is 19.7. The third kappa shape index (κ3) is 3.05. The first kappa shape index (κ1) is 16.0. The molecule has 128 valence electrons. The quantitative estimate of drug-likeness (QED) is 0.869. The molecular weight excluding hydrogens is 370 g/mol. The molecule has 24 heavy (non-hydrogen) atoms. The van der Waals surface area contributed by atoms with Crippen LogP contribution in [0.25, 0.3) is 0 Å². The molecule has 1 aliphatic heterocycles. The number of aromatic nitrogens is 2. The van der Waals surface area contributed by atoms with Gasteiger partial charge in [-0.1, -0.05) is 0 Å². The smallest absolute Gasteiger partial charge is 0.175 e. The number of benzene rings is 1. The fourth-order valence-corrected chi connectivity index (χ4v) is 4.15. The summed E-state index contributed by atoms with van der Waals surface area (Å²) >= 11 is 3.62. The Morgan fingerprint density at radius 2 is 2.17 bits per heavy atom. The molecule has 0 fully saturated rings. The number of nitrogens with one attached hydrogen (secondary N) is 1. The first-order valence-electron chi connectivity index (χ1n) is 8.54. The van der Waals surface area contributed by atoms with Gasteiger partial charge in [-0.2, -0.15) is 5.10 Å². The first-order chi connectivity index (χ1) is 11.7. The van der Waals surface area contributed by atoms with Gasteiger partial charge in [0.15, 0.2) is 11.5 Å². The summed E-state index contributed by atoms with van der Waals surface area (Å²) in [5.74, 6) is 1.66. The molecule has 0 saturated heterocycles. The molecule has 6 heteroatoms. The molecule has 1 aliphatic carbocycles. The molecule has 0 amide bonds. The van der Waals surface area contributed by atoms with E-state index in [1.807, 2.05) is 17.9 Å². The molecule has 1 aromatic carbocycles. The molecule has 1 atom stereocenters. The number of rotatable bonds is 3. The van der Waals surface area contributed by atoms with Crippen LogP contribution in [-0.2, 0) is 20.0 Å². The van der Waals surface area contributed by atoms with Crippen molar-refractivity contribution in [2.24, 2.45) is 7.05 Å². The Kier molecular flexibility index (Phi) is 4.50. The van der Waals surface area contributed by atoms with Crippen LogP contribution in [0, 0.1) is 0 Å². The van der Waals surface area contributed by atoms with Gasteiger partial charge in [0.25, 0.3) is 0 Å². The van der Waals surface area contributed by atoms with Crippen molar-refractivity contribution in [2.45, 2.75) is 38.3 Å². The van der Waals surface area contributed by atoms with Crippen LogP contribution in [0.4, 0.5) is 0 Å². The average Bonchev–Trinajstić information content (AvgIpc) is 2.81. The number of halogens is 1. The van der Waals surface area contributed by atoms with Crippen molar-refractivity contribution in [1.29, 1.82) is 0 Å². The lowest BCUT2D eigenvalue weighted by atomic mass is 9.93. The summed E-state index contributed by atoms with van der Waals surface area (Å²) in [6.07, 6.45) is 6.41. The number of nitrogens with zero attached hydrogens (tertiary/aromatic N) is 2. The largest absolute Gasteiger partial charge is 0.490 e. The van der Waals surface area contributed by atoms with Gasteiger partial charge in [0.1, 0.15) is 0 Å². The maximum absolute atomic E-state index is 5.83. The highest BCUT2D eigenvalue weighted by molar-refractivity contribution is 9.10. The number of fused-ring (bicyclic) bond motifs is 2. The number of hydrogen-bond donors (Lipinski definition) is 1. The van der Waals surface area contributed by atoms with Gasteiger partial charge in [-0.15, -0.1) is 0 Å². The van der Waals surface area contributed by atoms with Gasteiger partial charge in [0, 0.05) is 37.3 Å². The molecule has 0 radical (unpaired) electrons. The molecule has 5 nitrogen and oxygen atoms in total. The summed E-state index contributed by atoms with van der Waals surface area (Å²) in [5, 5.41) is 8.10. The molecule has 0 bridgehead atoms. The first-order valence-corrected chi connectivity index (χ1v) is 9.34. The number of ether oxygens (including phenoxy) is 2. The number of hydrogen-bond acceptors (Lipinski definition) is 4. The fourth-order valence-electron chi connectivity index (χ4n) is 3.55. The zero-order chi connectivity index (χ0) is 16.5. The van der Waals surface area contributed by atoms with Crippen LogP contribution in [-0.4, -0.2) is 23.0 Å². The lowest BCUT2D eigenvalue weighted by Crippen LogP contribution is -2.25. The SMILES string of the molecule is Cn1ncc2c1CCCC2NCc1cc(Br)c2c(c1)OCCCO2. The lowest BCUT2D eigenvalue weighted by molar-refractivity contribution is 0.296. The van der Waals surface area contributed by atoms with E-state index in [2.05, 4.69) is 38.5 Å². The van der Waals surface area contributed by atoms with Crippen molar-refractivity contribution in [1.82, 2.24) is 15.1 Å². The van der Waals surface area contributed by atoms with Crippen LogP contribution in [0.15, 0.2) is 22.8 Å². The minimum absolute atomic E-state index is 0.372. The summed E-state index contributed by atoms with van der Waals surface area (Å²) < 4.78 is 14.6. The van der Waals surface area contributed by atoms with E-state index in [0.717, 1.165) is 41.8 Å². The van der Waals surface area contributed by atoms with Crippen LogP contribution >= 0.6 is 15.9 Å². The van der Waals surface area contributed by atoms with Crippen molar-refractivity contribution < 1.29 is 9.47 Å². The van der Waals surface area contributed by atoms with Crippen LogP contribution < -0.4 is 14.8 Å². The van der Waals surface area contributed by atoms with Crippen molar-refractivity contribution >= 4 is 15.9 Å². The Hall–Kier alpha value is -1.53. The highest BCUT2D eigenvalue weighted by atomic mass is 79.9. The van der Waals surface area contributed by atoms with Crippen LogP contribution in [0.3, 0.4) is 0 Å². The van der Waals surface area contributed by atoms with E-state index in [9.17, 15) is 0 Å². The molecule has 2 aliphatic rings. The van der Waals surface area contributed by atoms with Gasteiger partial charge >= 0.3 is 0 Å². The van der Waals surface area contributed by atoms with E-state index in [-0.39, 0.29) is 0 Å². The summed E-state index contributed by atoms with van der Waals surface area (Å²) in [5.41, 5.74) is 3.90. The Labute approximate surface area is 150 Å². The summed E-state index contributed by atoms with van der Waals surface area (Å²) in [4.78, 5) is 0. The van der Waals surface area contributed by atoms with Gasteiger partial charge in [0.2, 0.25) is 0 Å². The average molecular weight is 392 g/mol. The van der Waals surface area contributed by atoms with Crippen LogP contribution in [0.2, 0.25) is 0 Å². The Bertz CT molecular complexity index is 744. The van der Waals surface area contributed by atoms with E-state index < -0.39 is 0 Å². The molecule has 1 N–H and O–H groups in total. The monoisotopic (exact) mass is 391 g/mol. The minimum atomic E-state index is 0.372. The van der Waals surface area contributed by atoms with Gasteiger partial charge < -0.3 is 14.8 Å². The highest BCUT2D eigenvalue weighted by Gasteiger charge is 2.23. The third-order valence-electron chi connectivity index (χ3n) is 4.79. The van der Waals surface area contributed by atoms with Crippen LogP contribution in [0.1, 0.15) is 42.1 Å². The molecule has 0 spiro atoms. The maximum atomic E-state index is 5.83. The predicted molar refractivity (Wildman–Crippen MR) is 95.5 cm³/mol. The molecule has 2 aromatic rings. The molecule has 1 aromatic heterocycles. The Morgan fingerprint density at radius 3 is 3.08 bits per heavy atom. The Morgan fingerprint density at radius 1 is 1.29 bits per heavy atom. The molecule has 1 unspecified atom stereocenters. The van der Waals surface area contributed by atoms with Crippen molar-refractivity contribution in [3.05, 3.63) is 39.6 Å². The van der Waals surface area contributed by atoms with Crippen molar-refractivity contribution in [3.63, 3.8) is 0 Å². The predicted octanol–water partition coefficient (Wildman–Crippen LogP) is 3.51. The van der Waals surface area contributed by atoms with E-state index in [0.29, 0.717) is 19.3 Å². The van der Waals surface area contributed by atoms with E-state index in [4.69, 9.17) is 9.47 Å². The molecule has 0 saturated carbocycles. The minimum Gasteiger partial charge on any atom is -0.490 e. The molecular formula is C18H22BrN3O2. The third-order valence-corrected chi connectivity index (χ3v) is 5.38. The van der Waals surface area contributed by atoms with Gasteiger partial charge in [-0.05, 0) is 52.9 Å². The van der Waals surface area contributed by atoms with E-state index in [1.54, 1.807) is 0 Å². The second-order valence-electron chi connectivity index (χ2n) is 6.45. The zero-order valence-corrected chi connectivity index (χ0v) is 15.4. The molecule has 2 heterocycles. The van der Waals surface area contributed by atoms with Crippen LogP contribution in [0.5, 0.6) is 11.5 Å². The van der Waals surface area contributed by atoms with Gasteiger partial charge in [-0.25, -0.2) is 0 Å². The summed E-state index contributed by atoms with van der Waals surface area (Å²) in [6, 6.07) is 4.58.